The van der Waals surface area contributed by atoms with Crippen LogP contribution in [0.4, 0.5) is 5.82 Å². The molecule has 0 bridgehead atoms. The summed E-state index contributed by atoms with van der Waals surface area (Å²) in [6.07, 6.45) is 3.58. The summed E-state index contributed by atoms with van der Waals surface area (Å²) in [4.78, 5) is 21.4. The summed E-state index contributed by atoms with van der Waals surface area (Å²) in [7, 11) is 0. The maximum absolute atomic E-state index is 12.9. The minimum absolute atomic E-state index is 0.00240. The number of amides is 1. The summed E-state index contributed by atoms with van der Waals surface area (Å²) in [6, 6.07) is 5.70. The molecule has 2 aromatic heterocycles. The van der Waals surface area contributed by atoms with Gasteiger partial charge in [0.1, 0.15) is 17.3 Å². The fourth-order valence-electron chi connectivity index (χ4n) is 3.27. The SMILES string of the molecule is CCN(CC)c1ccc(C(=O)N2CCC[C@H]2c2cc(C)on2)cn1. The van der Waals surface area contributed by atoms with E-state index in [1.54, 1.807) is 6.20 Å². The van der Waals surface area contributed by atoms with E-state index in [4.69, 9.17) is 4.52 Å². The van der Waals surface area contributed by atoms with Crippen molar-refractivity contribution >= 4 is 11.7 Å². The van der Waals surface area contributed by atoms with Crippen LogP contribution in [0, 0.1) is 6.92 Å². The third-order valence-corrected chi connectivity index (χ3v) is 4.58. The summed E-state index contributed by atoms with van der Waals surface area (Å²) in [5.74, 6) is 1.69. The number of hydrogen-bond donors (Lipinski definition) is 0. The molecule has 24 heavy (non-hydrogen) atoms. The molecule has 1 aliphatic rings. The lowest BCUT2D eigenvalue weighted by atomic mass is 10.1. The largest absolute Gasteiger partial charge is 0.361 e. The second-order valence-electron chi connectivity index (χ2n) is 6.10. The Hall–Kier alpha value is -2.37. The molecule has 6 nitrogen and oxygen atoms in total. The highest BCUT2D eigenvalue weighted by molar-refractivity contribution is 5.94. The average molecular weight is 328 g/mol. The fraction of sp³-hybridized carbons (Fsp3) is 0.500. The van der Waals surface area contributed by atoms with Crippen molar-refractivity contribution in [3.63, 3.8) is 0 Å². The molecule has 0 saturated carbocycles. The molecular formula is C18H24N4O2. The minimum atomic E-state index is -0.00240. The van der Waals surface area contributed by atoms with Gasteiger partial charge in [-0.2, -0.15) is 0 Å². The topological polar surface area (TPSA) is 62.5 Å². The highest BCUT2D eigenvalue weighted by atomic mass is 16.5. The first-order chi connectivity index (χ1) is 11.6. The number of hydrogen-bond acceptors (Lipinski definition) is 5. The van der Waals surface area contributed by atoms with Crippen LogP contribution in [0.5, 0.6) is 0 Å². The average Bonchev–Trinajstić information content (AvgIpc) is 3.24. The van der Waals surface area contributed by atoms with Crippen LogP contribution in [0.1, 0.15) is 54.5 Å². The van der Waals surface area contributed by atoms with E-state index in [1.807, 2.05) is 30.0 Å². The summed E-state index contributed by atoms with van der Waals surface area (Å²) in [5.41, 5.74) is 1.46. The Morgan fingerprint density at radius 1 is 1.38 bits per heavy atom. The predicted molar refractivity (Wildman–Crippen MR) is 92.0 cm³/mol. The number of likely N-dealkylation sites (tertiary alicyclic amines) is 1. The van der Waals surface area contributed by atoms with E-state index in [1.165, 1.54) is 0 Å². The van der Waals surface area contributed by atoms with Crippen molar-refractivity contribution < 1.29 is 9.32 Å². The number of carbonyl (C=O) groups excluding carboxylic acids is 1. The molecule has 128 valence electrons. The summed E-state index contributed by atoms with van der Waals surface area (Å²) < 4.78 is 5.17. The Morgan fingerprint density at radius 2 is 2.17 bits per heavy atom. The fourth-order valence-corrected chi connectivity index (χ4v) is 3.27. The molecule has 3 heterocycles. The van der Waals surface area contributed by atoms with Crippen molar-refractivity contribution in [1.82, 2.24) is 15.0 Å². The number of nitrogens with zero attached hydrogens (tertiary/aromatic N) is 4. The van der Waals surface area contributed by atoms with E-state index >= 15 is 0 Å². The van der Waals surface area contributed by atoms with Gasteiger partial charge in [-0.05, 0) is 45.7 Å². The molecule has 1 fully saturated rings. The summed E-state index contributed by atoms with van der Waals surface area (Å²) >= 11 is 0. The molecule has 6 heteroatoms. The number of rotatable bonds is 5. The maximum Gasteiger partial charge on any atom is 0.255 e. The van der Waals surface area contributed by atoms with Gasteiger partial charge in [0.15, 0.2) is 0 Å². The van der Waals surface area contributed by atoms with E-state index in [9.17, 15) is 4.79 Å². The number of pyridine rings is 1. The predicted octanol–water partition coefficient (Wildman–Crippen LogP) is 3.20. The second kappa shape index (κ2) is 7.03. The molecular weight excluding hydrogens is 304 g/mol. The van der Waals surface area contributed by atoms with Crippen molar-refractivity contribution in [2.75, 3.05) is 24.5 Å². The Morgan fingerprint density at radius 3 is 2.75 bits per heavy atom. The quantitative estimate of drug-likeness (QED) is 0.843. The standard InChI is InChI=1S/C18H24N4O2/c1-4-21(5-2)17-9-8-14(12-19-17)18(23)22-10-6-7-16(22)15-11-13(3)24-20-15/h8-9,11-12,16H,4-7,10H2,1-3H3/t16-/m0/s1. The molecule has 0 aliphatic carbocycles. The van der Waals surface area contributed by atoms with Crippen molar-refractivity contribution in [2.24, 2.45) is 0 Å². The van der Waals surface area contributed by atoms with Gasteiger partial charge in [-0.15, -0.1) is 0 Å². The zero-order valence-corrected chi connectivity index (χ0v) is 14.5. The molecule has 0 N–H and O–H groups in total. The molecule has 2 aromatic rings. The Balaban J connectivity index is 1.78. The molecule has 0 spiro atoms. The molecule has 1 aliphatic heterocycles. The van der Waals surface area contributed by atoms with Gasteiger partial charge in [0.25, 0.3) is 5.91 Å². The van der Waals surface area contributed by atoms with Gasteiger partial charge >= 0.3 is 0 Å². The third-order valence-electron chi connectivity index (χ3n) is 4.58. The van der Waals surface area contributed by atoms with Gasteiger partial charge < -0.3 is 14.3 Å². The lowest BCUT2D eigenvalue weighted by Gasteiger charge is -2.23. The van der Waals surface area contributed by atoms with E-state index in [-0.39, 0.29) is 11.9 Å². The number of anilines is 1. The van der Waals surface area contributed by atoms with Gasteiger partial charge in [-0.25, -0.2) is 4.98 Å². The summed E-state index contributed by atoms with van der Waals surface area (Å²) in [5, 5.41) is 4.09. The van der Waals surface area contributed by atoms with Gasteiger partial charge in [0.05, 0.1) is 11.6 Å². The van der Waals surface area contributed by atoms with E-state index in [0.29, 0.717) is 5.56 Å². The third kappa shape index (κ3) is 3.13. The normalized spacial score (nSPS) is 17.3. The zero-order chi connectivity index (χ0) is 17.1. The smallest absolute Gasteiger partial charge is 0.255 e. The van der Waals surface area contributed by atoms with Gasteiger partial charge in [0, 0.05) is 31.9 Å². The maximum atomic E-state index is 12.9. The van der Waals surface area contributed by atoms with Crippen LogP contribution in [-0.2, 0) is 0 Å². The van der Waals surface area contributed by atoms with Crippen LogP contribution in [0.15, 0.2) is 28.9 Å². The van der Waals surface area contributed by atoms with Crippen molar-refractivity contribution in [3.05, 3.63) is 41.4 Å². The Labute approximate surface area is 142 Å². The lowest BCUT2D eigenvalue weighted by Crippen LogP contribution is -2.31. The molecule has 1 atom stereocenters. The van der Waals surface area contributed by atoms with Crippen molar-refractivity contribution in [2.45, 2.75) is 39.7 Å². The first-order valence-corrected chi connectivity index (χ1v) is 8.59. The molecule has 0 unspecified atom stereocenters. The summed E-state index contributed by atoms with van der Waals surface area (Å²) in [6.45, 7) is 8.60. The molecule has 1 amide bonds. The number of aryl methyl sites for hydroxylation is 1. The highest BCUT2D eigenvalue weighted by Crippen LogP contribution is 2.32. The van der Waals surface area contributed by atoms with Crippen LogP contribution in [0.3, 0.4) is 0 Å². The molecule has 0 radical (unpaired) electrons. The number of aromatic nitrogens is 2. The van der Waals surface area contributed by atoms with E-state index in [0.717, 1.165) is 49.7 Å². The van der Waals surface area contributed by atoms with E-state index < -0.39 is 0 Å². The second-order valence-corrected chi connectivity index (χ2v) is 6.10. The first kappa shape index (κ1) is 16.5. The van der Waals surface area contributed by atoms with Gasteiger partial charge in [-0.1, -0.05) is 5.16 Å². The first-order valence-electron chi connectivity index (χ1n) is 8.59. The molecule has 0 aromatic carbocycles. The number of carbonyl (C=O) groups is 1. The minimum Gasteiger partial charge on any atom is -0.361 e. The van der Waals surface area contributed by atoms with Crippen molar-refractivity contribution in [1.29, 1.82) is 0 Å². The van der Waals surface area contributed by atoms with Crippen LogP contribution in [0.2, 0.25) is 0 Å². The van der Waals surface area contributed by atoms with Crippen LogP contribution >= 0.6 is 0 Å². The lowest BCUT2D eigenvalue weighted by molar-refractivity contribution is 0.0730. The molecule has 1 saturated heterocycles. The monoisotopic (exact) mass is 328 g/mol. The van der Waals surface area contributed by atoms with Gasteiger partial charge in [0.2, 0.25) is 0 Å². The Kier molecular flexibility index (Phi) is 4.83. The van der Waals surface area contributed by atoms with Crippen LogP contribution in [0.25, 0.3) is 0 Å². The zero-order valence-electron chi connectivity index (χ0n) is 14.5. The van der Waals surface area contributed by atoms with Crippen molar-refractivity contribution in [3.8, 4) is 0 Å². The van der Waals surface area contributed by atoms with Gasteiger partial charge in [-0.3, -0.25) is 4.79 Å². The van der Waals surface area contributed by atoms with Crippen LogP contribution in [-0.4, -0.2) is 40.6 Å². The van der Waals surface area contributed by atoms with Crippen LogP contribution < -0.4 is 4.90 Å². The van der Waals surface area contributed by atoms with E-state index in [2.05, 4.69) is 28.9 Å². The highest BCUT2D eigenvalue weighted by Gasteiger charge is 2.32. The Bertz CT molecular complexity index is 691. The molecule has 3 rings (SSSR count).